The molecule has 30 heavy (non-hydrogen) atoms. The lowest BCUT2D eigenvalue weighted by Gasteiger charge is -2.33. The first-order valence-electron chi connectivity index (χ1n) is 11.4. The highest BCUT2D eigenvalue weighted by molar-refractivity contribution is 8.00. The Hall–Kier alpha value is -1.73. The van der Waals surface area contributed by atoms with Crippen LogP contribution in [0.2, 0.25) is 0 Å². The van der Waals surface area contributed by atoms with E-state index < -0.39 is 0 Å². The van der Waals surface area contributed by atoms with Gasteiger partial charge in [-0.3, -0.25) is 9.69 Å². The number of nitrogens with one attached hydrogen (secondary N) is 3. The van der Waals surface area contributed by atoms with Crippen LogP contribution in [0.3, 0.4) is 0 Å². The molecule has 1 aromatic rings. The Kier molecular flexibility index (Phi) is 7.20. The summed E-state index contributed by atoms with van der Waals surface area (Å²) in [4.78, 5) is 26.3. The number of unbranched alkanes of at least 4 members (excludes halogenated alkanes) is 1. The quantitative estimate of drug-likeness (QED) is 0.434. The van der Waals surface area contributed by atoms with Gasteiger partial charge in [-0.2, -0.15) is 11.8 Å². The largest absolute Gasteiger partial charge is 0.332 e. The van der Waals surface area contributed by atoms with Crippen LogP contribution < -0.4 is 16.0 Å². The summed E-state index contributed by atoms with van der Waals surface area (Å²) in [6.45, 7) is 4.49. The number of hydrogen-bond donors (Lipinski definition) is 3. The van der Waals surface area contributed by atoms with Crippen molar-refractivity contribution in [1.29, 1.82) is 0 Å². The van der Waals surface area contributed by atoms with Gasteiger partial charge in [0.15, 0.2) is 0 Å². The zero-order chi connectivity index (χ0) is 20.9. The molecule has 0 radical (unpaired) electrons. The Morgan fingerprint density at radius 3 is 2.83 bits per heavy atom. The first kappa shape index (κ1) is 21.5. The zero-order valence-corrected chi connectivity index (χ0v) is 18.7. The van der Waals surface area contributed by atoms with Crippen LogP contribution in [0.1, 0.15) is 57.4 Å². The molecular weight excluding hydrogens is 396 g/mol. The molecule has 0 spiro atoms. The highest BCUT2D eigenvalue weighted by Gasteiger charge is 2.42. The van der Waals surface area contributed by atoms with Gasteiger partial charge in [-0.25, -0.2) is 4.79 Å². The fraction of sp³-hybridized carbons (Fsp3) is 0.652. The molecule has 0 aliphatic carbocycles. The maximum Gasteiger partial charge on any atom is 0.315 e. The SMILES string of the molecule is C[C@@H]1CCCCN1Cc1ccc(NC(=O)CCCC[C@@H]2SC[C@@H]3NC(=O)N[C@@H]32)cc1. The number of nitrogens with zero attached hydrogens (tertiary/aromatic N) is 1. The molecule has 0 bridgehead atoms. The van der Waals surface area contributed by atoms with E-state index >= 15 is 0 Å². The third-order valence-electron chi connectivity index (χ3n) is 6.64. The van der Waals surface area contributed by atoms with E-state index in [9.17, 15) is 9.59 Å². The van der Waals surface area contributed by atoms with Crippen LogP contribution in [0.15, 0.2) is 24.3 Å². The summed E-state index contributed by atoms with van der Waals surface area (Å²) in [7, 11) is 0. The van der Waals surface area contributed by atoms with Gasteiger partial charge in [0, 0.05) is 35.7 Å². The van der Waals surface area contributed by atoms with Crippen LogP contribution in [0.25, 0.3) is 0 Å². The summed E-state index contributed by atoms with van der Waals surface area (Å²) in [6.07, 6.45) is 7.42. The highest BCUT2D eigenvalue weighted by atomic mass is 32.2. The normalized spacial score (nSPS) is 28.6. The second-order valence-electron chi connectivity index (χ2n) is 8.93. The van der Waals surface area contributed by atoms with Crippen molar-refractivity contribution in [3.05, 3.63) is 29.8 Å². The zero-order valence-electron chi connectivity index (χ0n) is 17.9. The van der Waals surface area contributed by atoms with E-state index in [0.717, 1.165) is 37.2 Å². The number of thioether (sulfide) groups is 1. The molecule has 3 N–H and O–H groups in total. The molecule has 7 heteroatoms. The average Bonchev–Trinajstić information content (AvgIpc) is 3.28. The first-order valence-corrected chi connectivity index (χ1v) is 12.4. The Bertz CT molecular complexity index is 741. The predicted molar refractivity (Wildman–Crippen MR) is 123 cm³/mol. The Morgan fingerprint density at radius 1 is 1.20 bits per heavy atom. The van der Waals surface area contributed by atoms with Crippen LogP contribution in [0, 0.1) is 0 Å². The maximum atomic E-state index is 12.3. The van der Waals surface area contributed by atoms with Crippen LogP contribution in [0.4, 0.5) is 10.5 Å². The lowest BCUT2D eigenvalue weighted by Crippen LogP contribution is -2.36. The van der Waals surface area contributed by atoms with Crippen molar-refractivity contribution in [2.75, 3.05) is 17.6 Å². The second-order valence-corrected chi connectivity index (χ2v) is 10.2. The van der Waals surface area contributed by atoms with Gasteiger partial charge in [-0.05, 0) is 56.8 Å². The molecule has 6 nitrogen and oxygen atoms in total. The summed E-state index contributed by atoms with van der Waals surface area (Å²) in [5.74, 6) is 1.07. The molecule has 3 aliphatic heterocycles. The third-order valence-corrected chi connectivity index (χ3v) is 8.15. The van der Waals surface area contributed by atoms with Crippen molar-refractivity contribution in [2.24, 2.45) is 0 Å². The molecule has 4 atom stereocenters. The minimum Gasteiger partial charge on any atom is -0.332 e. The molecule has 3 amide bonds. The van der Waals surface area contributed by atoms with E-state index in [0.29, 0.717) is 17.7 Å². The van der Waals surface area contributed by atoms with Crippen LogP contribution in [-0.2, 0) is 11.3 Å². The molecule has 1 aromatic carbocycles. The summed E-state index contributed by atoms with van der Waals surface area (Å²) < 4.78 is 0. The molecule has 3 aliphatic rings. The summed E-state index contributed by atoms with van der Waals surface area (Å²) >= 11 is 1.93. The molecule has 3 heterocycles. The molecule has 0 unspecified atom stereocenters. The number of carbonyl (C=O) groups is 2. The van der Waals surface area contributed by atoms with E-state index in [-0.39, 0.29) is 24.0 Å². The molecule has 3 fully saturated rings. The van der Waals surface area contributed by atoms with Gasteiger partial charge in [0.2, 0.25) is 5.91 Å². The number of piperidine rings is 1. The molecule has 0 saturated carbocycles. The number of rotatable bonds is 8. The predicted octanol–water partition coefficient (Wildman–Crippen LogP) is 3.73. The standard InChI is InChI=1S/C23H34N4O2S/c1-16-6-4-5-13-27(16)14-17-9-11-18(12-10-17)24-21(28)8-3-2-7-20-22-19(15-30-20)25-23(29)26-22/h9-12,16,19-20,22H,2-8,13-15H2,1H3,(H,24,28)(H2,25,26,29)/t16-,19+,20+,22+/m1/s1. The van der Waals surface area contributed by atoms with E-state index in [1.807, 2.05) is 23.9 Å². The van der Waals surface area contributed by atoms with Crippen molar-refractivity contribution in [3.63, 3.8) is 0 Å². The van der Waals surface area contributed by atoms with Gasteiger partial charge in [0.25, 0.3) is 0 Å². The van der Waals surface area contributed by atoms with Crippen molar-refractivity contribution in [3.8, 4) is 0 Å². The van der Waals surface area contributed by atoms with E-state index in [4.69, 9.17) is 0 Å². The maximum absolute atomic E-state index is 12.3. The smallest absolute Gasteiger partial charge is 0.315 e. The van der Waals surface area contributed by atoms with Crippen molar-refractivity contribution < 1.29 is 9.59 Å². The van der Waals surface area contributed by atoms with Crippen LogP contribution >= 0.6 is 11.8 Å². The van der Waals surface area contributed by atoms with Crippen molar-refractivity contribution in [2.45, 2.75) is 81.8 Å². The number of amides is 3. The molecule has 4 rings (SSSR count). The average molecular weight is 431 g/mol. The minimum atomic E-state index is -0.0360. The van der Waals surface area contributed by atoms with E-state index in [1.165, 1.54) is 31.4 Å². The first-order chi connectivity index (χ1) is 14.6. The minimum absolute atomic E-state index is 0.0360. The molecular formula is C23H34N4O2S. The van der Waals surface area contributed by atoms with Gasteiger partial charge in [0.1, 0.15) is 0 Å². The van der Waals surface area contributed by atoms with Gasteiger partial charge in [0.05, 0.1) is 12.1 Å². The number of likely N-dealkylation sites (tertiary alicyclic amines) is 1. The molecule has 0 aromatic heterocycles. The summed E-state index contributed by atoms with van der Waals surface area (Å²) in [5.41, 5.74) is 2.19. The van der Waals surface area contributed by atoms with E-state index in [1.54, 1.807) is 0 Å². The number of fused-ring (bicyclic) bond motifs is 1. The number of hydrogen-bond acceptors (Lipinski definition) is 4. The van der Waals surface area contributed by atoms with Gasteiger partial charge < -0.3 is 16.0 Å². The Labute approximate surface area is 183 Å². The van der Waals surface area contributed by atoms with Gasteiger partial charge >= 0.3 is 6.03 Å². The Balaban J connectivity index is 1.14. The number of urea groups is 1. The summed E-state index contributed by atoms with van der Waals surface area (Å²) in [6, 6.07) is 9.46. The van der Waals surface area contributed by atoms with Crippen molar-refractivity contribution in [1.82, 2.24) is 15.5 Å². The monoisotopic (exact) mass is 430 g/mol. The number of benzene rings is 1. The van der Waals surface area contributed by atoms with Gasteiger partial charge in [-0.15, -0.1) is 0 Å². The lowest BCUT2D eigenvalue weighted by molar-refractivity contribution is -0.116. The molecule has 164 valence electrons. The lowest BCUT2D eigenvalue weighted by atomic mass is 10.0. The number of carbonyl (C=O) groups excluding carboxylic acids is 2. The van der Waals surface area contributed by atoms with E-state index in [2.05, 4.69) is 39.9 Å². The summed E-state index contributed by atoms with van der Waals surface area (Å²) in [5, 5.41) is 9.49. The third kappa shape index (κ3) is 5.49. The number of anilines is 1. The fourth-order valence-electron chi connectivity index (χ4n) is 4.82. The molecule has 3 saturated heterocycles. The Morgan fingerprint density at radius 2 is 2.03 bits per heavy atom. The van der Waals surface area contributed by atoms with Crippen LogP contribution in [-0.4, -0.2) is 52.5 Å². The highest BCUT2D eigenvalue weighted by Crippen LogP contribution is 2.33. The second kappa shape index (κ2) is 10.1. The van der Waals surface area contributed by atoms with Crippen LogP contribution in [0.5, 0.6) is 0 Å². The topological polar surface area (TPSA) is 73.5 Å². The fourth-order valence-corrected chi connectivity index (χ4v) is 6.36. The van der Waals surface area contributed by atoms with Gasteiger partial charge in [-0.1, -0.05) is 25.0 Å². The van der Waals surface area contributed by atoms with Crippen molar-refractivity contribution >= 4 is 29.4 Å².